The summed E-state index contributed by atoms with van der Waals surface area (Å²) in [6, 6.07) is 11.4. The smallest absolute Gasteiger partial charge is 0.407 e. The predicted octanol–water partition coefficient (Wildman–Crippen LogP) is 2.86. The van der Waals surface area contributed by atoms with Gasteiger partial charge in [0, 0.05) is 45.2 Å². The number of hydrogen-bond donors (Lipinski definition) is 1. The highest BCUT2D eigenvalue weighted by atomic mass is 79.9. The number of anilines is 1. The van der Waals surface area contributed by atoms with Gasteiger partial charge in [0.1, 0.15) is 23.7 Å². The molecule has 0 bridgehead atoms. The summed E-state index contributed by atoms with van der Waals surface area (Å²) in [5.74, 6) is 1.66. The van der Waals surface area contributed by atoms with Gasteiger partial charge in [0.25, 0.3) is 0 Å². The Kier molecular flexibility index (Phi) is 6.98. The van der Waals surface area contributed by atoms with Gasteiger partial charge in [-0.2, -0.15) is 12.7 Å². The van der Waals surface area contributed by atoms with Crippen molar-refractivity contribution in [3.05, 3.63) is 64.2 Å². The number of fused-ring (bicyclic) bond motifs is 2. The van der Waals surface area contributed by atoms with E-state index in [1.807, 2.05) is 43.3 Å². The van der Waals surface area contributed by atoms with Gasteiger partial charge in [0.2, 0.25) is 0 Å². The van der Waals surface area contributed by atoms with Crippen LogP contribution in [0.15, 0.2) is 51.7 Å². The fraction of sp³-hybridized carbons (Fsp3) is 0.423. The Hall–Kier alpha value is -3.56. The minimum atomic E-state index is -3.91. The molecule has 41 heavy (non-hydrogen) atoms. The standard InChI is InChI=1S/C26H29BrN8O5S/c1-16-11-20(32-40-16)26(15-29-25(36)39-14-17-7-5-4-6-8-17)18-9-10-34(13-19(18)26)21-12-28-22-23(27)31-35(24(22)30-21)41(37,38)33(2)3/h4-8,11-12,18-19H,9-10,13-15H2,1-3H3,(H,29,36)/t18-,19+,26+/m1/s1. The van der Waals surface area contributed by atoms with Gasteiger partial charge in [0.05, 0.1) is 11.9 Å². The second-order valence-corrected chi connectivity index (χ2v) is 13.3. The van der Waals surface area contributed by atoms with E-state index < -0.39 is 21.7 Å². The lowest BCUT2D eigenvalue weighted by molar-refractivity contribution is 0.138. The Labute approximate surface area is 245 Å². The van der Waals surface area contributed by atoms with E-state index in [9.17, 15) is 13.2 Å². The molecular formula is C26H29BrN8O5S. The van der Waals surface area contributed by atoms with Crippen LogP contribution in [-0.4, -0.2) is 76.9 Å². The van der Waals surface area contributed by atoms with E-state index in [-0.39, 0.29) is 24.1 Å². The van der Waals surface area contributed by atoms with Crippen molar-refractivity contribution < 1.29 is 22.5 Å². The van der Waals surface area contributed by atoms with Gasteiger partial charge in [-0.3, -0.25) is 0 Å². The average Bonchev–Trinajstić information content (AvgIpc) is 3.18. The molecule has 4 aromatic rings. The third-order valence-electron chi connectivity index (χ3n) is 7.97. The van der Waals surface area contributed by atoms with Crippen molar-refractivity contribution in [1.29, 1.82) is 0 Å². The molecule has 1 aliphatic carbocycles. The molecule has 3 aromatic heterocycles. The van der Waals surface area contributed by atoms with Gasteiger partial charge < -0.3 is 19.5 Å². The fourth-order valence-electron chi connectivity index (χ4n) is 5.79. The second kappa shape index (κ2) is 10.4. The van der Waals surface area contributed by atoms with E-state index in [1.54, 1.807) is 6.20 Å². The third kappa shape index (κ3) is 4.85. The third-order valence-corrected chi connectivity index (χ3v) is 10.1. The molecule has 15 heteroatoms. The summed E-state index contributed by atoms with van der Waals surface area (Å²) in [5.41, 5.74) is 1.78. The van der Waals surface area contributed by atoms with Crippen molar-refractivity contribution in [2.45, 2.75) is 25.4 Å². The summed E-state index contributed by atoms with van der Waals surface area (Å²) in [5, 5.41) is 11.4. The molecule has 4 heterocycles. The molecule has 13 nitrogen and oxygen atoms in total. The molecule has 2 aliphatic rings. The van der Waals surface area contributed by atoms with Crippen molar-refractivity contribution >= 4 is 49.2 Å². The first-order valence-electron chi connectivity index (χ1n) is 13.1. The molecule has 1 N–H and O–H groups in total. The number of ether oxygens (including phenoxy) is 1. The monoisotopic (exact) mass is 644 g/mol. The number of hydrogen-bond acceptors (Lipinski definition) is 10. The SMILES string of the molecule is Cc1cc([C@@]2(CNC(=O)OCc3ccccc3)[C@@H]3CCN(c4cnc5c(Br)nn(S(=O)(=O)N(C)C)c5n4)C[C@@H]32)no1. The molecule has 0 unspecified atom stereocenters. The molecule has 216 valence electrons. The van der Waals surface area contributed by atoms with Crippen LogP contribution in [0.2, 0.25) is 0 Å². The molecule has 1 amide bonds. The molecule has 3 atom stereocenters. The van der Waals surface area contributed by atoms with Crippen molar-refractivity contribution in [3.63, 3.8) is 0 Å². The van der Waals surface area contributed by atoms with Crippen molar-refractivity contribution in [3.8, 4) is 0 Å². The van der Waals surface area contributed by atoms with E-state index in [0.29, 0.717) is 41.3 Å². The zero-order valence-corrected chi connectivity index (χ0v) is 25.1. The van der Waals surface area contributed by atoms with Gasteiger partial charge in [-0.25, -0.2) is 14.8 Å². The number of carbonyl (C=O) groups is 1. The maximum atomic E-state index is 12.9. The highest BCUT2D eigenvalue weighted by Crippen LogP contribution is 2.63. The fourth-order valence-corrected chi connectivity index (χ4v) is 7.17. The zero-order chi connectivity index (χ0) is 28.9. The topological polar surface area (TPSA) is 149 Å². The number of nitrogens with one attached hydrogen (secondary N) is 1. The summed E-state index contributed by atoms with van der Waals surface area (Å²) >= 11 is 3.30. The van der Waals surface area contributed by atoms with Gasteiger partial charge in [-0.15, -0.1) is 9.19 Å². The first-order chi connectivity index (χ1) is 19.6. The Morgan fingerprint density at radius 3 is 2.76 bits per heavy atom. The Morgan fingerprint density at radius 1 is 1.27 bits per heavy atom. The first kappa shape index (κ1) is 27.6. The number of nitrogens with zero attached hydrogens (tertiary/aromatic N) is 7. The number of benzene rings is 1. The van der Waals surface area contributed by atoms with Gasteiger partial charge in [-0.1, -0.05) is 35.5 Å². The second-order valence-electron chi connectivity index (χ2n) is 10.6. The Balaban J connectivity index is 1.22. The quantitative estimate of drug-likeness (QED) is 0.303. The lowest BCUT2D eigenvalue weighted by atomic mass is 9.96. The molecule has 1 aromatic carbocycles. The summed E-state index contributed by atoms with van der Waals surface area (Å²) in [6.07, 6.45) is 1.95. The summed E-state index contributed by atoms with van der Waals surface area (Å²) in [4.78, 5) is 23.9. The van der Waals surface area contributed by atoms with Crippen LogP contribution in [0.5, 0.6) is 0 Å². The molecular weight excluding hydrogens is 616 g/mol. The summed E-state index contributed by atoms with van der Waals surface area (Å²) in [7, 11) is -1.04. The van der Waals surface area contributed by atoms with Gasteiger partial charge in [-0.05, 0) is 46.7 Å². The number of aryl methyl sites for hydroxylation is 1. The van der Waals surface area contributed by atoms with Gasteiger partial charge >= 0.3 is 16.3 Å². The van der Waals surface area contributed by atoms with Crippen molar-refractivity contribution in [1.82, 2.24) is 33.9 Å². The Bertz CT molecular complexity index is 1710. The number of amides is 1. The lowest BCUT2D eigenvalue weighted by Gasteiger charge is -2.27. The molecule has 2 fully saturated rings. The van der Waals surface area contributed by atoms with Crippen LogP contribution < -0.4 is 10.2 Å². The molecule has 0 radical (unpaired) electrons. The van der Waals surface area contributed by atoms with Gasteiger partial charge in [0.15, 0.2) is 10.3 Å². The van der Waals surface area contributed by atoms with Crippen molar-refractivity contribution in [2.24, 2.45) is 11.8 Å². The van der Waals surface area contributed by atoms with E-state index in [4.69, 9.17) is 9.26 Å². The normalized spacial score (nSPS) is 22.1. The maximum Gasteiger partial charge on any atom is 0.407 e. The molecule has 6 rings (SSSR count). The lowest BCUT2D eigenvalue weighted by Crippen LogP contribution is -2.36. The zero-order valence-electron chi connectivity index (χ0n) is 22.7. The molecule has 0 spiro atoms. The van der Waals surface area contributed by atoms with E-state index in [1.165, 1.54) is 14.1 Å². The largest absolute Gasteiger partial charge is 0.445 e. The molecule has 1 saturated carbocycles. The van der Waals surface area contributed by atoms with Crippen LogP contribution in [0, 0.1) is 18.8 Å². The molecule has 1 aliphatic heterocycles. The summed E-state index contributed by atoms with van der Waals surface area (Å²) < 4.78 is 38.9. The van der Waals surface area contributed by atoms with E-state index >= 15 is 0 Å². The minimum Gasteiger partial charge on any atom is -0.445 e. The maximum absolute atomic E-state index is 12.9. The minimum absolute atomic E-state index is 0.141. The number of piperidine rings is 1. The predicted molar refractivity (Wildman–Crippen MR) is 152 cm³/mol. The van der Waals surface area contributed by atoms with Crippen LogP contribution in [0.25, 0.3) is 11.2 Å². The molecule has 1 saturated heterocycles. The number of aromatic nitrogens is 5. The van der Waals surface area contributed by atoms with E-state index in [2.05, 4.69) is 46.4 Å². The number of rotatable bonds is 8. The highest BCUT2D eigenvalue weighted by Gasteiger charge is 2.68. The number of alkyl carbamates (subject to hydrolysis) is 1. The first-order valence-corrected chi connectivity index (χ1v) is 15.3. The van der Waals surface area contributed by atoms with E-state index in [0.717, 1.165) is 26.1 Å². The average molecular weight is 646 g/mol. The van der Waals surface area contributed by atoms with Crippen LogP contribution >= 0.6 is 15.9 Å². The highest BCUT2D eigenvalue weighted by molar-refractivity contribution is 9.10. The van der Waals surface area contributed by atoms with Crippen LogP contribution in [0.3, 0.4) is 0 Å². The number of halogens is 1. The van der Waals surface area contributed by atoms with Crippen LogP contribution in [0.1, 0.15) is 23.4 Å². The Morgan fingerprint density at radius 2 is 2.05 bits per heavy atom. The van der Waals surface area contributed by atoms with Crippen LogP contribution in [0.4, 0.5) is 10.6 Å². The summed E-state index contributed by atoms with van der Waals surface area (Å²) in [6.45, 7) is 3.67. The van der Waals surface area contributed by atoms with Crippen LogP contribution in [-0.2, 0) is 27.0 Å². The van der Waals surface area contributed by atoms with Crippen molar-refractivity contribution in [2.75, 3.05) is 38.6 Å². The number of carbonyl (C=O) groups excluding carboxylic acids is 1.